The summed E-state index contributed by atoms with van der Waals surface area (Å²) in [7, 11) is 0. The van der Waals surface area contributed by atoms with Crippen LogP contribution in [-0.2, 0) is 0 Å². The lowest BCUT2D eigenvalue weighted by molar-refractivity contribution is 0.199. The molecule has 1 fully saturated rings. The Morgan fingerprint density at radius 2 is 2.19 bits per heavy atom. The van der Waals surface area contributed by atoms with Crippen LogP contribution in [0.15, 0.2) is 11.4 Å². The fourth-order valence-electron chi connectivity index (χ4n) is 2.98. The van der Waals surface area contributed by atoms with Gasteiger partial charge in [0.1, 0.15) is 10.6 Å². The highest BCUT2D eigenvalue weighted by Gasteiger charge is 2.25. The van der Waals surface area contributed by atoms with Gasteiger partial charge in [-0.25, -0.2) is 4.98 Å². The van der Waals surface area contributed by atoms with Gasteiger partial charge in [0.15, 0.2) is 0 Å². The third-order valence-electron chi connectivity index (χ3n) is 4.11. The normalized spacial score (nSPS) is 20.1. The van der Waals surface area contributed by atoms with Crippen LogP contribution < -0.4 is 10.2 Å². The molecule has 1 saturated heterocycles. The van der Waals surface area contributed by atoms with Gasteiger partial charge in [-0.2, -0.15) is 4.98 Å². The first-order valence-corrected chi connectivity index (χ1v) is 8.59. The van der Waals surface area contributed by atoms with E-state index in [0.717, 1.165) is 49.3 Å². The van der Waals surface area contributed by atoms with Crippen molar-refractivity contribution in [1.29, 1.82) is 0 Å². The van der Waals surface area contributed by atoms with E-state index in [2.05, 4.69) is 52.3 Å². The summed E-state index contributed by atoms with van der Waals surface area (Å²) in [6.45, 7) is 11.7. The average Bonchev–Trinajstić information content (AvgIpc) is 2.95. The fourth-order valence-corrected chi connectivity index (χ4v) is 3.73. The Morgan fingerprint density at radius 3 is 2.90 bits per heavy atom. The number of piperazine rings is 1. The molecule has 2 aromatic rings. The maximum absolute atomic E-state index is 4.76. The van der Waals surface area contributed by atoms with E-state index >= 15 is 0 Å². The molecular formula is C15H23N5S. The minimum Gasteiger partial charge on any atom is -0.354 e. The number of likely N-dealkylation sites (N-methyl/N-ethyl adjacent to an activating group) is 1. The van der Waals surface area contributed by atoms with Crippen molar-refractivity contribution in [2.45, 2.75) is 26.8 Å². The van der Waals surface area contributed by atoms with E-state index in [0.29, 0.717) is 6.04 Å². The Morgan fingerprint density at radius 1 is 1.33 bits per heavy atom. The summed E-state index contributed by atoms with van der Waals surface area (Å²) in [6.07, 6.45) is 0. The second-order valence-electron chi connectivity index (χ2n) is 5.46. The van der Waals surface area contributed by atoms with Crippen molar-refractivity contribution >= 4 is 33.3 Å². The van der Waals surface area contributed by atoms with Crippen LogP contribution >= 0.6 is 11.3 Å². The zero-order valence-corrected chi connectivity index (χ0v) is 13.8. The lowest BCUT2D eigenvalue weighted by atomic mass is 10.2. The molecule has 0 amide bonds. The highest BCUT2D eigenvalue weighted by molar-refractivity contribution is 7.16. The highest BCUT2D eigenvalue weighted by atomic mass is 32.1. The van der Waals surface area contributed by atoms with E-state index in [9.17, 15) is 0 Å². The summed E-state index contributed by atoms with van der Waals surface area (Å²) < 4.78 is 0. The van der Waals surface area contributed by atoms with E-state index in [1.54, 1.807) is 11.3 Å². The Kier molecular flexibility index (Phi) is 4.26. The Balaban J connectivity index is 1.93. The second-order valence-corrected chi connectivity index (χ2v) is 6.36. The summed E-state index contributed by atoms with van der Waals surface area (Å²) in [5.41, 5.74) is 0. The molecule has 0 aliphatic carbocycles. The van der Waals surface area contributed by atoms with Crippen LogP contribution in [0, 0.1) is 0 Å². The fraction of sp³-hybridized carbons (Fsp3) is 0.600. The quantitative estimate of drug-likeness (QED) is 0.941. The molecule has 3 rings (SSSR count). The topological polar surface area (TPSA) is 44.3 Å². The van der Waals surface area contributed by atoms with Gasteiger partial charge in [0.25, 0.3) is 0 Å². The standard InChI is InChI=1S/C15H23N5S/c1-4-16-15-17-13(12-6-9-21-14(12)18-15)20-8-7-19(5-2)11(3)10-20/h6,9,11H,4-5,7-8,10H2,1-3H3,(H,16,17,18). The molecule has 1 aliphatic heterocycles. The molecule has 21 heavy (non-hydrogen) atoms. The molecule has 1 atom stereocenters. The highest BCUT2D eigenvalue weighted by Crippen LogP contribution is 2.30. The van der Waals surface area contributed by atoms with Crippen LogP contribution in [0.3, 0.4) is 0 Å². The van der Waals surface area contributed by atoms with Gasteiger partial charge in [0, 0.05) is 32.2 Å². The maximum atomic E-state index is 4.76. The third-order valence-corrected chi connectivity index (χ3v) is 4.92. The van der Waals surface area contributed by atoms with E-state index < -0.39 is 0 Å². The molecule has 0 bridgehead atoms. The van der Waals surface area contributed by atoms with Crippen molar-refractivity contribution in [1.82, 2.24) is 14.9 Å². The number of hydrogen-bond donors (Lipinski definition) is 1. The summed E-state index contributed by atoms with van der Waals surface area (Å²) in [6, 6.07) is 2.71. The van der Waals surface area contributed by atoms with Crippen LogP contribution in [-0.4, -0.2) is 53.6 Å². The number of anilines is 2. The molecule has 1 N–H and O–H groups in total. The van der Waals surface area contributed by atoms with Crippen molar-refractivity contribution < 1.29 is 0 Å². The van der Waals surface area contributed by atoms with Gasteiger partial charge in [-0.15, -0.1) is 11.3 Å². The van der Waals surface area contributed by atoms with Gasteiger partial charge in [0.05, 0.1) is 5.39 Å². The van der Waals surface area contributed by atoms with Crippen molar-refractivity contribution in [3.05, 3.63) is 11.4 Å². The maximum Gasteiger partial charge on any atom is 0.226 e. The number of rotatable bonds is 4. The first-order valence-electron chi connectivity index (χ1n) is 7.71. The van der Waals surface area contributed by atoms with Gasteiger partial charge >= 0.3 is 0 Å². The molecule has 0 spiro atoms. The number of aromatic nitrogens is 2. The van der Waals surface area contributed by atoms with Crippen LogP contribution in [0.5, 0.6) is 0 Å². The average molecular weight is 305 g/mol. The molecule has 0 aromatic carbocycles. The molecule has 114 valence electrons. The van der Waals surface area contributed by atoms with Crippen molar-refractivity contribution in [3.63, 3.8) is 0 Å². The monoisotopic (exact) mass is 305 g/mol. The van der Waals surface area contributed by atoms with Crippen molar-refractivity contribution in [2.75, 3.05) is 42.9 Å². The van der Waals surface area contributed by atoms with E-state index in [4.69, 9.17) is 4.98 Å². The first kappa shape index (κ1) is 14.5. The Bertz CT molecular complexity index is 611. The lowest BCUT2D eigenvalue weighted by Gasteiger charge is -2.40. The largest absolute Gasteiger partial charge is 0.354 e. The summed E-state index contributed by atoms with van der Waals surface area (Å²) >= 11 is 1.68. The van der Waals surface area contributed by atoms with Crippen LogP contribution in [0.2, 0.25) is 0 Å². The molecule has 0 saturated carbocycles. The predicted molar refractivity (Wildman–Crippen MR) is 90.5 cm³/mol. The van der Waals surface area contributed by atoms with Gasteiger partial charge in [0.2, 0.25) is 5.95 Å². The number of nitrogens with one attached hydrogen (secondary N) is 1. The molecular weight excluding hydrogens is 282 g/mol. The minimum absolute atomic E-state index is 0.565. The van der Waals surface area contributed by atoms with E-state index in [1.807, 2.05) is 0 Å². The predicted octanol–water partition coefficient (Wildman–Crippen LogP) is 2.65. The van der Waals surface area contributed by atoms with Gasteiger partial charge in [-0.3, -0.25) is 4.90 Å². The third kappa shape index (κ3) is 2.82. The molecule has 1 aliphatic rings. The number of hydrogen-bond acceptors (Lipinski definition) is 6. The number of nitrogens with zero attached hydrogens (tertiary/aromatic N) is 4. The second kappa shape index (κ2) is 6.15. The SMILES string of the molecule is CCNc1nc(N2CCN(CC)C(C)C2)c2ccsc2n1. The zero-order chi connectivity index (χ0) is 14.8. The minimum atomic E-state index is 0.565. The molecule has 2 aromatic heterocycles. The molecule has 6 heteroatoms. The zero-order valence-electron chi connectivity index (χ0n) is 13.0. The molecule has 5 nitrogen and oxygen atoms in total. The Hall–Kier alpha value is -1.40. The van der Waals surface area contributed by atoms with Gasteiger partial charge in [-0.05, 0) is 31.8 Å². The first-order chi connectivity index (χ1) is 10.2. The van der Waals surface area contributed by atoms with E-state index in [1.165, 1.54) is 5.39 Å². The lowest BCUT2D eigenvalue weighted by Crippen LogP contribution is -2.52. The van der Waals surface area contributed by atoms with Crippen molar-refractivity contribution in [3.8, 4) is 0 Å². The molecule has 3 heterocycles. The smallest absolute Gasteiger partial charge is 0.226 e. The van der Waals surface area contributed by atoms with Crippen LogP contribution in [0.1, 0.15) is 20.8 Å². The summed E-state index contributed by atoms with van der Waals surface area (Å²) in [5, 5.41) is 6.53. The molecule has 0 radical (unpaired) electrons. The number of fused-ring (bicyclic) bond motifs is 1. The van der Waals surface area contributed by atoms with Gasteiger partial charge < -0.3 is 10.2 Å². The van der Waals surface area contributed by atoms with E-state index in [-0.39, 0.29) is 0 Å². The van der Waals surface area contributed by atoms with Gasteiger partial charge in [-0.1, -0.05) is 6.92 Å². The van der Waals surface area contributed by atoms with Crippen molar-refractivity contribution in [2.24, 2.45) is 0 Å². The summed E-state index contributed by atoms with van der Waals surface area (Å²) in [4.78, 5) is 15.4. The molecule has 1 unspecified atom stereocenters. The Labute approximate surface area is 130 Å². The van der Waals surface area contributed by atoms with Crippen LogP contribution in [0.25, 0.3) is 10.2 Å². The van der Waals surface area contributed by atoms with Crippen LogP contribution in [0.4, 0.5) is 11.8 Å². The number of thiophene rings is 1. The summed E-state index contributed by atoms with van der Waals surface area (Å²) in [5.74, 6) is 1.83.